The second kappa shape index (κ2) is 6.28. The van der Waals surface area contributed by atoms with E-state index in [2.05, 4.69) is 11.4 Å². The number of halogens is 1. The fourth-order valence-corrected chi connectivity index (χ4v) is 2.88. The maximum atomic E-state index is 13.4. The number of rotatable bonds is 4. The van der Waals surface area contributed by atoms with Crippen LogP contribution in [0.3, 0.4) is 0 Å². The molecule has 0 saturated heterocycles. The molecule has 0 bridgehead atoms. The number of benzene rings is 2. The number of nitrogens with zero attached hydrogens (tertiary/aromatic N) is 1. The van der Waals surface area contributed by atoms with E-state index < -0.39 is 0 Å². The molecule has 1 N–H and O–H groups in total. The first kappa shape index (κ1) is 14.7. The zero-order valence-electron chi connectivity index (χ0n) is 12.6. The molecule has 1 aliphatic rings. The molecular weight excluding hydrogens is 279 g/mol. The molecule has 0 unspecified atom stereocenters. The highest BCUT2D eigenvalue weighted by molar-refractivity contribution is 5.96. The van der Waals surface area contributed by atoms with E-state index in [9.17, 15) is 9.18 Å². The van der Waals surface area contributed by atoms with Gasteiger partial charge in [0.2, 0.25) is 5.91 Å². The van der Waals surface area contributed by atoms with Gasteiger partial charge in [0.15, 0.2) is 0 Å². The third-order valence-corrected chi connectivity index (χ3v) is 4.02. The summed E-state index contributed by atoms with van der Waals surface area (Å²) in [5.74, 6) is -0.0894. The Balaban J connectivity index is 1.85. The van der Waals surface area contributed by atoms with Crippen LogP contribution < -0.4 is 10.2 Å². The quantitative estimate of drug-likeness (QED) is 0.941. The number of carbonyl (C=O) groups is 1. The normalized spacial score (nSPS) is 13.3. The molecule has 1 amide bonds. The summed E-state index contributed by atoms with van der Waals surface area (Å²) in [6, 6.07) is 12.6. The van der Waals surface area contributed by atoms with E-state index in [0.717, 1.165) is 35.3 Å². The van der Waals surface area contributed by atoms with Crippen LogP contribution >= 0.6 is 0 Å². The topological polar surface area (TPSA) is 32.3 Å². The number of nitrogens with one attached hydrogen (secondary N) is 1. The molecule has 114 valence electrons. The van der Waals surface area contributed by atoms with Gasteiger partial charge in [0, 0.05) is 25.2 Å². The van der Waals surface area contributed by atoms with Crippen LogP contribution in [-0.2, 0) is 11.2 Å². The Labute approximate surface area is 129 Å². The molecule has 0 fully saturated rings. The number of amides is 1. The van der Waals surface area contributed by atoms with Crippen molar-refractivity contribution in [3.8, 4) is 11.1 Å². The summed E-state index contributed by atoms with van der Waals surface area (Å²) in [5.41, 5.74) is 3.99. The molecule has 2 aromatic carbocycles. The molecule has 0 saturated carbocycles. The molecule has 0 aliphatic carbocycles. The van der Waals surface area contributed by atoms with E-state index in [0.29, 0.717) is 13.0 Å². The Kier molecular flexibility index (Phi) is 4.20. The summed E-state index contributed by atoms with van der Waals surface area (Å²) < 4.78 is 13.4. The van der Waals surface area contributed by atoms with E-state index in [-0.39, 0.29) is 11.7 Å². The van der Waals surface area contributed by atoms with Gasteiger partial charge in [0.1, 0.15) is 5.82 Å². The van der Waals surface area contributed by atoms with Crippen LogP contribution in [0.2, 0.25) is 0 Å². The Morgan fingerprint density at radius 2 is 2.05 bits per heavy atom. The second-order valence-electron chi connectivity index (χ2n) is 5.50. The zero-order valence-corrected chi connectivity index (χ0v) is 12.6. The van der Waals surface area contributed by atoms with Crippen molar-refractivity contribution < 1.29 is 9.18 Å². The van der Waals surface area contributed by atoms with Crippen molar-refractivity contribution in [1.29, 1.82) is 0 Å². The van der Waals surface area contributed by atoms with E-state index in [1.165, 1.54) is 12.1 Å². The van der Waals surface area contributed by atoms with Gasteiger partial charge in [-0.05, 0) is 54.4 Å². The SMILES string of the molecule is CNCCC(=O)N1CCc2cc(-c3cccc(F)c3)ccc21. The predicted octanol–water partition coefficient (Wildman–Crippen LogP) is 2.99. The number of hydrogen-bond donors (Lipinski definition) is 1. The van der Waals surface area contributed by atoms with Gasteiger partial charge in [0.25, 0.3) is 0 Å². The van der Waals surface area contributed by atoms with Gasteiger partial charge < -0.3 is 10.2 Å². The lowest BCUT2D eigenvalue weighted by Crippen LogP contribution is -2.31. The van der Waals surface area contributed by atoms with E-state index in [4.69, 9.17) is 0 Å². The van der Waals surface area contributed by atoms with E-state index in [1.807, 2.05) is 30.1 Å². The Morgan fingerprint density at radius 1 is 1.23 bits per heavy atom. The molecule has 4 heteroatoms. The average molecular weight is 298 g/mol. The van der Waals surface area contributed by atoms with Crippen LogP contribution in [0, 0.1) is 5.82 Å². The van der Waals surface area contributed by atoms with Gasteiger partial charge in [-0.2, -0.15) is 0 Å². The van der Waals surface area contributed by atoms with Gasteiger partial charge in [-0.1, -0.05) is 18.2 Å². The van der Waals surface area contributed by atoms with Crippen LogP contribution in [0.25, 0.3) is 11.1 Å². The van der Waals surface area contributed by atoms with Gasteiger partial charge in [-0.15, -0.1) is 0 Å². The van der Waals surface area contributed by atoms with Crippen LogP contribution in [0.5, 0.6) is 0 Å². The highest BCUT2D eigenvalue weighted by Gasteiger charge is 2.24. The minimum atomic E-state index is -0.234. The minimum absolute atomic E-state index is 0.145. The fourth-order valence-electron chi connectivity index (χ4n) is 2.88. The molecule has 0 radical (unpaired) electrons. The van der Waals surface area contributed by atoms with Crippen LogP contribution in [0.1, 0.15) is 12.0 Å². The minimum Gasteiger partial charge on any atom is -0.319 e. The zero-order chi connectivity index (χ0) is 15.5. The number of anilines is 1. The van der Waals surface area contributed by atoms with E-state index >= 15 is 0 Å². The first-order valence-electron chi connectivity index (χ1n) is 7.53. The first-order chi connectivity index (χ1) is 10.7. The van der Waals surface area contributed by atoms with Crippen molar-refractivity contribution in [2.75, 3.05) is 25.0 Å². The largest absolute Gasteiger partial charge is 0.319 e. The predicted molar refractivity (Wildman–Crippen MR) is 86.4 cm³/mol. The third kappa shape index (κ3) is 2.88. The summed E-state index contributed by atoms with van der Waals surface area (Å²) in [4.78, 5) is 14.1. The number of hydrogen-bond acceptors (Lipinski definition) is 2. The van der Waals surface area contributed by atoms with Gasteiger partial charge in [-0.3, -0.25) is 4.79 Å². The van der Waals surface area contributed by atoms with Crippen LogP contribution in [0.15, 0.2) is 42.5 Å². The Morgan fingerprint density at radius 3 is 2.82 bits per heavy atom. The van der Waals surface area contributed by atoms with Gasteiger partial charge in [0.05, 0.1) is 0 Å². The smallest absolute Gasteiger partial charge is 0.228 e. The molecule has 0 aromatic heterocycles. The lowest BCUT2D eigenvalue weighted by molar-refractivity contribution is -0.118. The summed E-state index contributed by atoms with van der Waals surface area (Å²) in [6.45, 7) is 1.41. The van der Waals surface area contributed by atoms with Crippen LogP contribution in [-0.4, -0.2) is 26.0 Å². The van der Waals surface area contributed by atoms with Gasteiger partial charge in [-0.25, -0.2) is 4.39 Å². The number of carbonyl (C=O) groups excluding carboxylic acids is 1. The molecule has 1 heterocycles. The highest BCUT2D eigenvalue weighted by Crippen LogP contribution is 2.32. The molecule has 3 nitrogen and oxygen atoms in total. The van der Waals surface area contributed by atoms with Crippen molar-refractivity contribution in [2.45, 2.75) is 12.8 Å². The molecule has 0 spiro atoms. The maximum Gasteiger partial charge on any atom is 0.228 e. The highest BCUT2D eigenvalue weighted by atomic mass is 19.1. The lowest BCUT2D eigenvalue weighted by atomic mass is 10.0. The van der Waals surface area contributed by atoms with Crippen LogP contribution in [0.4, 0.5) is 10.1 Å². The summed E-state index contributed by atoms with van der Waals surface area (Å²) in [7, 11) is 1.84. The fraction of sp³-hybridized carbons (Fsp3) is 0.278. The molecule has 2 aromatic rings. The first-order valence-corrected chi connectivity index (χ1v) is 7.53. The third-order valence-electron chi connectivity index (χ3n) is 4.02. The Hall–Kier alpha value is -2.20. The van der Waals surface area contributed by atoms with Gasteiger partial charge >= 0.3 is 0 Å². The standard InChI is InChI=1S/C18H19FN2O/c1-20-9-7-18(22)21-10-8-15-11-14(5-6-17(15)21)13-3-2-4-16(19)12-13/h2-6,11-12,20H,7-10H2,1H3. The lowest BCUT2D eigenvalue weighted by Gasteiger charge is -2.17. The molecule has 1 aliphatic heterocycles. The van der Waals surface area contributed by atoms with Crippen molar-refractivity contribution >= 4 is 11.6 Å². The summed E-state index contributed by atoms with van der Waals surface area (Å²) >= 11 is 0. The van der Waals surface area contributed by atoms with E-state index in [1.54, 1.807) is 6.07 Å². The second-order valence-corrected chi connectivity index (χ2v) is 5.50. The van der Waals surface area contributed by atoms with Crippen molar-refractivity contribution in [3.63, 3.8) is 0 Å². The monoisotopic (exact) mass is 298 g/mol. The Bertz CT molecular complexity index is 699. The van der Waals surface area contributed by atoms with Crippen molar-refractivity contribution in [3.05, 3.63) is 53.8 Å². The average Bonchev–Trinajstić information content (AvgIpc) is 2.95. The molecule has 0 atom stereocenters. The van der Waals surface area contributed by atoms with Crippen molar-refractivity contribution in [2.24, 2.45) is 0 Å². The molecule has 3 rings (SSSR count). The molecule has 22 heavy (non-hydrogen) atoms. The summed E-state index contributed by atoms with van der Waals surface area (Å²) in [6.07, 6.45) is 1.35. The van der Waals surface area contributed by atoms with Crippen molar-refractivity contribution in [1.82, 2.24) is 5.32 Å². The maximum absolute atomic E-state index is 13.4. The number of fused-ring (bicyclic) bond motifs is 1. The summed E-state index contributed by atoms with van der Waals surface area (Å²) in [5, 5.41) is 3.00. The molecular formula is C18H19FN2O.